The number of hydrogen-bond acceptors (Lipinski definition) is 5. The van der Waals surface area contributed by atoms with E-state index < -0.39 is 0 Å². The van der Waals surface area contributed by atoms with E-state index in [4.69, 9.17) is 5.73 Å². The number of likely N-dealkylation sites (tertiary alicyclic amines) is 1. The molecule has 1 amide bonds. The fourth-order valence-corrected chi connectivity index (χ4v) is 3.41. The summed E-state index contributed by atoms with van der Waals surface area (Å²) in [6, 6.07) is 9.34. The van der Waals surface area contributed by atoms with Crippen molar-refractivity contribution >= 4 is 23.5 Å². The van der Waals surface area contributed by atoms with Crippen molar-refractivity contribution < 1.29 is 4.79 Å². The average molecular weight is 342 g/mol. The van der Waals surface area contributed by atoms with E-state index in [2.05, 4.69) is 16.9 Å². The fraction of sp³-hybridized carbons (Fsp3) is 0.389. The lowest BCUT2D eigenvalue weighted by molar-refractivity contribution is 0.0683. The molecule has 0 bridgehead atoms. The summed E-state index contributed by atoms with van der Waals surface area (Å²) in [4.78, 5) is 23.2. The van der Waals surface area contributed by atoms with Gasteiger partial charge in [-0.25, -0.2) is 9.97 Å². The third-order valence-corrected chi connectivity index (χ3v) is 4.83. The van der Waals surface area contributed by atoms with Crippen molar-refractivity contribution in [2.75, 3.05) is 25.1 Å². The van der Waals surface area contributed by atoms with Gasteiger partial charge in [-0.15, -0.1) is 0 Å². The first kappa shape index (κ1) is 16.8. The highest BCUT2D eigenvalue weighted by molar-refractivity contribution is 7.98. The minimum Gasteiger partial charge on any atom is -0.384 e. The molecule has 2 aromatic rings. The van der Waals surface area contributed by atoms with Gasteiger partial charge in [-0.1, -0.05) is 30.8 Å². The average Bonchev–Trinajstić information content (AvgIpc) is 2.60. The Morgan fingerprint density at radius 1 is 1.29 bits per heavy atom. The molecule has 126 valence electrons. The number of carbonyl (C=O) groups is 1. The molecule has 0 spiro atoms. The predicted molar refractivity (Wildman–Crippen MR) is 98.0 cm³/mol. The van der Waals surface area contributed by atoms with Gasteiger partial charge >= 0.3 is 0 Å². The molecule has 1 aliphatic rings. The number of nitrogen functional groups attached to an aromatic ring is 1. The molecule has 1 fully saturated rings. The minimum absolute atomic E-state index is 0.111. The number of anilines is 1. The summed E-state index contributed by atoms with van der Waals surface area (Å²) in [5, 5.41) is 0.646. The van der Waals surface area contributed by atoms with Gasteiger partial charge in [0.2, 0.25) is 0 Å². The van der Waals surface area contributed by atoms with E-state index in [1.54, 1.807) is 6.07 Å². The molecule has 0 saturated carbocycles. The smallest absolute Gasteiger partial charge is 0.253 e. The van der Waals surface area contributed by atoms with Crippen molar-refractivity contribution in [1.82, 2.24) is 14.9 Å². The SMILES string of the molecule is CSc1nc(N)cc(-c2ccc(C(=O)N3CCC[C@@H](C)C3)cc2)n1. The van der Waals surface area contributed by atoms with E-state index >= 15 is 0 Å². The van der Waals surface area contributed by atoms with Gasteiger partial charge in [0.15, 0.2) is 5.16 Å². The van der Waals surface area contributed by atoms with Crippen molar-refractivity contribution in [1.29, 1.82) is 0 Å². The molecular weight excluding hydrogens is 320 g/mol. The summed E-state index contributed by atoms with van der Waals surface area (Å²) >= 11 is 1.46. The maximum Gasteiger partial charge on any atom is 0.253 e. The second-order valence-electron chi connectivity index (χ2n) is 6.24. The van der Waals surface area contributed by atoms with Gasteiger partial charge in [-0.2, -0.15) is 0 Å². The third kappa shape index (κ3) is 3.70. The number of thioether (sulfide) groups is 1. The number of aromatic nitrogens is 2. The first-order valence-corrected chi connectivity index (χ1v) is 9.37. The first-order valence-electron chi connectivity index (χ1n) is 8.15. The van der Waals surface area contributed by atoms with Crippen LogP contribution in [0.15, 0.2) is 35.5 Å². The van der Waals surface area contributed by atoms with Crippen LogP contribution in [0, 0.1) is 5.92 Å². The second-order valence-corrected chi connectivity index (χ2v) is 7.01. The van der Waals surface area contributed by atoms with Gasteiger partial charge in [0.1, 0.15) is 5.82 Å². The number of piperidine rings is 1. The number of amides is 1. The maximum absolute atomic E-state index is 12.6. The molecule has 6 heteroatoms. The summed E-state index contributed by atoms with van der Waals surface area (Å²) in [5.41, 5.74) is 8.27. The molecule has 1 atom stereocenters. The first-order chi connectivity index (χ1) is 11.6. The van der Waals surface area contributed by atoms with Crippen LogP contribution in [-0.2, 0) is 0 Å². The number of nitrogens with two attached hydrogens (primary N) is 1. The van der Waals surface area contributed by atoms with E-state index in [0.29, 0.717) is 16.9 Å². The number of nitrogens with zero attached hydrogens (tertiary/aromatic N) is 3. The Morgan fingerprint density at radius 3 is 2.71 bits per heavy atom. The summed E-state index contributed by atoms with van der Waals surface area (Å²) < 4.78 is 0. The highest BCUT2D eigenvalue weighted by atomic mass is 32.2. The van der Waals surface area contributed by atoms with E-state index in [-0.39, 0.29) is 5.91 Å². The molecule has 0 unspecified atom stereocenters. The molecule has 3 rings (SSSR count). The van der Waals surface area contributed by atoms with Gasteiger partial charge in [0, 0.05) is 30.3 Å². The van der Waals surface area contributed by atoms with E-state index in [9.17, 15) is 4.79 Å². The highest BCUT2D eigenvalue weighted by Gasteiger charge is 2.22. The highest BCUT2D eigenvalue weighted by Crippen LogP contribution is 2.23. The number of benzene rings is 1. The second kappa shape index (κ2) is 7.21. The summed E-state index contributed by atoms with van der Waals surface area (Å²) in [6.07, 6.45) is 4.21. The van der Waals surface area contributed by atoms with Crippen LogP contribution >= 0.6 is 11.8 Å². The zero-order valence-corrected chi connectivity index (χ0v) is 14.8. The molecule has 5 nitrogen and oxygen atoms in total. The maximum atomic E-state index is 12.6. The summed E-state index contributed by atoms with van der Waals surface area (Å²) in [7, 11) is 0. The van der Waals surface area contributed by atoms with Crippen LogP contribution in [0.4, 0.5) is 5.82 Å². The van der Waals surface area contributed by atoms with E-state index in [1.165, 1.54) is 18.2 Å². The largest absolute Gasteiger partial charge is 0.384 e. The summed E-state index contributed by atoms with van der Waals surface area (Å²) in [5.74, 6) is 1.14. The van der Waals surface area contributed by atoms with Gasteiger partial charge in [-0.05, 0) is 37.1 Å². The van der Waals surface area contributed by atoms with Crippen LogP contribution in [0.25, 0.3) is 11.3 Å². The van der Waals surface area contributed by atoms with Crippen molar-refractivity contribution in [3.8, 4) is 11.3 Å². The molecule has 0 aliphatic carbocycles. The quantitative estimate of drug-likeness (QED) is 0.684. The Labute approximate surface area is 146 Å². The monoisotopic (exact) mass is 342 g/mol. The third-order valence-electron chi connectivity index (χ3n) is 4.28. The molecule has 2 heterocycles. The fourth-order valence-electron chi connectivity index (χ4n) is 3.02. The van der Waals surface area contributed by atoms with Crippen molar-refractivity contribution in [3.63, 3.8) is 0 Å². The number of hydrogen-bond donors (Lipinski definition) is 1. The van der Waals surface area contributed by atoms with Crippen molar-refractivity contribution in [2.45, 2.75) is 24.9 Å². The molecule has 2 N–H and O–H groups in total. The standard InChI is InChI=1S/C18H22N4OS/c1-12-4-3-9-22(11-12)17(23)14-7-5-13(6-8-14)15-10-16(19)21-18(20-15)24-2/h5-8,10,12H,3-4,9,11H2,1-2H3,(H2,19,20,21)/t12-/m1/s1. The number of carbonyl (C=O) groups excluding carboxylic acids is 1. The van der Waals surface area contributed by atoms with E-state index in [0.717, 1.165) is 36.3 Å². The Morgan fingerprint density at radius 2 is 2.04 bits per heavy atom. The topological polar surface area (TPSA) is 72.1 Å². The van der Waals surface area contributed by atoms with Crippen LogP contribution < -0.4 is 5.73 Å². The van der Waals surface area contributed by atoms with Crippen LogP contribution in [0.5, 0.6) is 0 Å². The van der Waals surface area contributed by atoms with Gasteiger partial charge < -0.3 is 10.6 Å². The van der Waals surface area contributed by atoms with Crippen LogP contribution in [0.2, 0.25) is 0 Å². The van der Waals surface area contributed by atoms with E-state index in [1.807, 2.05) is 35.4 Å². The molecule has 1 aromatic carbocycles. The molecule has 0 radical (unpaired) electrons. The lowest BCUT2D eigenvalue weighted by Crippen LogP contribution is -2.39. The zero-order valence-electron chi connectivity index (χ0n) is 14.0. The normalized spacial score (nSPS) is 17.8. The zero-order chi connectivity index (χ0) is 17.1. The predicted octanol–water partition coefficient (Wildman–Crippen LogP) is 3.32. The van der Waals surface area contributed by atoms with Gasteiger partial charge in [0.25, 0.3) is 5.91 Å². The lowest BCUT2D eigenvalue weighted by Gasteiger charge is -2.31. The van der Waals surface area contributed by atoms with Crippen molar-refractivity contribution in [2.24, 2.45) is 5.92 Å². The lowest BCUT2D eigenvalue weighted by atomic mass is 9.99. The Hall–Kier alpha value is -2.08. The van der Waals surface area contributed by atoms with Crippen molar-refractivity contribution in [3.05, 3.63) is 35.9 Å². The molecule has 1 saturated heterocycles. The van der Waals surface area contributed by atoms with Crippen LogP contribution in [0.1, 0.15) is 30.1 Å². The van der Waals surface area contributed by atoms with Crippen LogP contribution in [0.3, 0.4) is 0 Å². The van der Waals surface area contributed by atoms with Gasteiger partial charge in [-0.3, -0.25) is 4.79 Å². The Balaban J connectivity index is 1.80. The molecule has 1 aromatic heterocycles. The Bertz CT molecular complexity index is 732. The Kier molecular flexibility index (Phi) is 5.04. The van der Waals surface area contributed by atoms with Gasteiger partial charge in [0.05, 0.1) is 5.69 Å². The minimum atomic E-state index is 0.111. The number of rotatable bonds is 3. The van der Waals surface area contributed by atoms with Crippen LogP contribution in [-0.4, -0.2) is 40.1 Å². The molecular formula is C18H22N4OS. The summed E-state index contributed by atoms with van der Waals surface area (Å²) in [6.45, 7) is 3.90. The molecule has 24 heavy (non-hydrogen) atoms. The molecule has 1 aliphatic heterocycles.